The van der Waals surface area contributed by atoms with E-state index in [1.807, 2.05) is 48.7 Å². The van der Waals surface area contributed by atoms with Crippen LogP contribution < -0.4 is 10.6 Å². The Balaban J connectivity index is 1.63. The third-order valence-electron chi connectivity index (χ3n) is 5.64. The van der Waals surface area contributed by atoms with Crippen molar-refractivity contribution in [3.63, 3.8) is 0 Å². The molecule has 2 heterocycles. The minimum absolute atomic E-state index is 0.207. The van der Waals surface area contributed by atoms with Crippen LogP contribution in [0.3, 0.4) is 0 Å². The van der Waals surface area contributed by atoms with Gasteiger partial charge in [-0.3, -0.25) is 9.88 Å². The lowest BCUT2D eigenvalue weighted by Crippen LogP contribution is -2.45. The standard InChI is InChI=1S/C26H32N6/c1-3-32(17-16-28-21(2)25-8-4-6-14-29-25)24(20-31-26-9-5-7-15-30-26)18-22-10-12-23(19-27)13-11-22/h4-15,21,24,28H,3,16-18,20H2,1-2H3,(H,30,31). The van der Waals surface area contributed by atoms with Crippen molar-refractivity contribution in [2.45, 2.75) is 32.4 Å². The molecule has 3 aromatic rings. The van der Waals surface area contributed by atoms with Gasteiger partial charge in [0.25, 0.3) is 0 Å². The first kappa shape index (κ1) is 23.4. The number of nitriles is 1. The van der Waals surface area contributed by atoms with Crippen LogP contribution in [0.15, 0.2) is 73.1 Å². The summed E-state index contributed by atoms with van der Waals surface area (Å²) in [4.78, 5) is 11.3. The highest BCUT2D eigenvalue weighted by atomic mass is 15.2. The van der Waals surface area contributed by atoms with Gasteiger partial charge < -0.3 is 10.6 Å². The Bertz CT molecular complexity index is 953. The number of aromatic nitrogens is 2. The normalized spacial score (nSPS) is 12.8. The van der Waals surface area contributed by atoms with Gasteiger partial charge in [-0.1, -0.05) is 31.2 Å². The molecule has 32 heavy (non-hydrogen) atoms. The summed E-state index contributed by atoms with van der Waals surface area (Å²) >= 11 is 0. The molecule has 166 valence electrons. The monoisotopic (exact) mass is 428 g/mol. The number of nitrogens with zero attached hydrogens (tertiary/aromatic N) is 4. The zero-order chi connectivity index (χ0) is 22.6. The first-order valence-electron chi connectivity index (χ1n) is 11.2. The number of hydrogen-bond acceptors (Lipinski definition) is 6. The Kier molecular flexibility index (Phi) is 9.18. The molecule has 0 spiro atoms. The molecule has 0 saturated heterocycles. The minimum Gasteiger partial charge on any atom is -0.368 e. The van der Waals surface area contributed by atoms with Crippen molar-refractivity contribution >= 4 is 5.82 Å². The van der Waals surface area contributed by atoms with E-state index < -0.39 is 0 Å². The molecule has 0 saturated carbocycles. The van der Waals surface area contributed by atoms with Crippen LogP contribution in [0, 0.1) is 11.3 Å². The van der Waals surface area contributed by atoms with Crippen molar-refractivity contribution in [3.05, 3.63) is 89.9 Å². The highest BCUT2D eigenvalue weighted by Crippen LogP contribution is 2.13. The molecule has 0 aliphatic carbocycles. The second-order valence-corrected chi connectivity index (χ2v) is 7.82. The SMILES string of the molecule is CCN(CCNC(C)c1ccccn1)C(CNc1ccccn1)Cc1ccc(C#N)cc1. The summed E-state index contributed by atoms with van der Waals surface area (Å²) in [6, 6.07) is 22.5. The quantitative estimate of drug-likeness (QED) is 0.453. The summed E-state index contributed by atoms with van der Waals surface area (Å²) < 4.78 is 0. The van der Waals surface area contributed by atoms with E-state index in [0.29, 0.717) is 11.6 Å². The van der Waals surface area contributed by atoms with Gasteiger partial charge in [-0.25, -0.2) is 4.98 Å². The molecule has 2 atom stereocenters. The largest absolute Gasteiger partial charge is 0.368 e. The van der Waals surface area contributed by atoms with Gasteiger partial charge in [0.1, 0.15) is 5.82 Å². The first-order chi connectivity index (χ1) is 15.7. The van der Waals surface area contributed by atoms with Crippen LogP contribution in [0.1, 0.15) is 36.7 Å². The molecule has 6 nitrogen and oxygen atoms in total. The zero-order valence-corrected chi connectivity index (χ0v) is 18.9. The molecule has 0 fully saturated rings. The molecule has 3 rings (SSSR count). The molecule has 0 bridgehead atoms. The van der Waals surface area contributed by atoms with E-state index in [2.05, 4.69) is 63.6 Å². The Hall–Kier alpha value is -3.27. The van der Waals surface area contributed by atoms with E-state index >= 15 is 0 Å². The van der Waals surface area contributed by atoms with Crippen molar-refractivity contribution in [1.82, 2.24) is 20.2 Å². The Morgan fingerprint density at radius 1 is 1.00 bits per heavy atom. The summed E-state index contributed by atoms with van der Waals surface area (Å²) in [5, 5.41) is 16.2. The van der Waals surface area contributed by atoms with E-state index in [4.69, 9.17) is 5.26 Å². The van der Waals surface area contributed by atoms with E-state index in [1.54, 1.807) is 6.20 Å². The van der Waals surface area contributed by atoms with Gasteiger partial charge in [-0.05, 0) is 61.9 Å². The maximum Gasteiger partial charge on any atom is 0.125 e. The minimum atomic E-state index is 0.207. The smallest absolute Gasteiger partial charge is 0.125 e. The third-order valence-corrected chi connectivity index (χ3v) is 5.64. The lowest BCUT2D eigenvalue weighted by Gasteiger charge is -2.32. The lowest BCUT2D eigenvalue weighted by molar-refractivity contribution is 0.211. The molecule has 0 radical (unpaired) electrons. The maximum atomic E-state index is 9.08. The summed E-state index contributed by atoms with van der Waals surface area (Å²) in [6.45, 7) is 7.90. The van der Waals surface area contributed by atoms with Crippen LogP contribution in [0.25, 0.3) is 0 Å². The van der Waals surface area contributed by atoms with Crippen molar-refractivity contribution in [3.8, 4) is 6.07 Å². The van der Waals surface area contributed by atoms with Crippen LogP contribution in [0.5, 0.6) is 0 Å². The molecule has 0 aliphatic heterocycles. The summed E-state index contributed by atoms with van der Waals surface area (Å²) in [7, 11) is 0. The summed E-state index contributed by atoms with van der Waals surface area (Å²) in [6.07, 6.45) is 4.54. The molecule has 0 amide bonds. The highest BCUT2D eigenvalue weighted by molar-refractivity contribution is 5.34. The number of nitrogens with one attached hydrogen (secondary N) is 2. The van der Waals surface area contributed by atoms with E-state index in [0.717, 1.165) is 44.1 Å². The van der Waals surface area contributed by atoms with Crippen molar-refractivity contribution < 1.29 is 0 Å². The molecule has 2 unspecified atom stereocenters. The van der Waals surface area contributed by atoms with Gasteiger partial charge in [-0.2, -0.15) is 5.26 Å². The van der Waals surface area contributed by atoms with Crippen molar-refractivity contribution in [1.29, 1.82) is 5.26 Å². The third kappa shape index (κ3) is 7.16. The Morgan fingerprint density at radius 3 is 2.38 bits per heavy atom. The second-order valence-electron chi connectivity index (χ2n) is 7.82. The van der Waals surface area contributed by atoms with E-state index in [-0.39, 0.29) is 6.04 Å². The first-order valence-corrected chi connectivity index (χ1v) is 11.2. The van der Waals surface area contributed by atoms with Crippen LogP contribution in [0.4, 0.5) is 5.82 Å². The fourth-order valence-corrected chi connectivity index (χ4v) is 3.77. The Morgan fingerprint density at radius 2 is 1.75 bits per heavy atom. The highest BCUT2D eigenvalue weighted by Gasteiger charge is 2.18. The van der Waals surface area contributed by atoms with E-state index in [1.165, 1.54) is 5.56 Å². The number of pyridine rings is 2. The van der Waals surface area contributed by atoms with Crippen LogP contribution in [-0.2, 0) is 6.42 Å². The van der Waals surface area contributed by atoms with E-state index in [9.17, 15) is 0 Å². The fraction of sp³-hybridized carbons (Fsp3) is 0.346. The summed E-state index contributed by atoms with van der Waals surface area (Å²) in [5.74, 6) is 0.885. The second kappa shape index (κ2) is 12.6. The van der Waals surface area contributed by atoms with Gasteiger partial charge in [-0.15, -0.1) is 0 Å². The number of anilines is 1. The van der Waals surface area contributed by atoms with Gasteiger partial charge in [0.2, 0.25) is 0 Å². The summed E-state index contributed by atoms with van der Waals surface area (Å²) in [5.41, 5.74) is 2.98. The van der Waals surface area contributed by atoms with Gasteiger partial charge in [0.15, 0.2) is 0 Å². The topological polar surface area (TPSA) is 76.9 Å². The molecular weight excluding hydrogens is 396 g/mol. The number of hydrogen-bond donors (Lipinski definition) is 2. The number of benzene rings is 1. The zero-order valence-electron chi connectivity index (χ0n) is 18.9. The maximum absolute atomic E-state index is 9.08. The van der Waals surface area contributed by atoms with Gasteiger partial charge >= 0.3 is 0 Å². The Labute approximate surface area is 191 Å². The average molecular weight is 429 g/mol. The average Bonchev–Trinajstić information content (AvgIpc) is 2.86. The molecule has 1 aromatic carbocycles. The number of rotatable bonds is 12. The van der Waals surface area contributed by atoms with Gasteiger partial charge in [0.05, 0.1) is 17.3 Å². The molecule has 2 N–H and O–H groups in total. The predicted molar refractivity (Wildman–Crippen MR) is 129 cm³/mol. The number of likely N-dealkylation sites (N-methyl/N-ethyl adjacent to an activating group) is 1. The van der Waals surface area contributed by atoms with Crippen molar-refractivity contribution in [2.75, 3.05) is 31.5 Å². The van der Waals surface area contributed by atoms with Crippen molar-refractivity contribution in [2.24, 2.45) is 0 Å². The van der Waals surface area contributed by atoms with Crippen LogP contribution >= 0.6 is 0 Å². The molecular formula is C26H32N6. The molecule has 2 aromatic heterocycles. The van der Waals surface area contributed by atoms with Crippen LogP contribution in [-0.4, -0.2) is 47.1 Å². The predicted octanol–water partition coefficient (Wildman–Crippen LogP) is 4.04. The van der Waals surface area contributed by atoms with Crippen LogP contribution in [0.2, 0.25) is 0 Å². The van der Waals surface area contributed by atoms with Gasteiger partial charge in [0, 0.05) is 44.1 Å². The molecule has 0 aliphatic rings. The lowest BCUT2D eigenvalue weighted by atomic mass is 10.0. The fourth-order valence-electron chi connectivity index (χ4n) is 3.77. The molecule has 6 heteroatoms.